The number of fused-ring (bicyclic) bond motifs is 1. The van der Waals surface area contributed by atoms with Gasteiger partial charge in [-0.25, -0.2) is 9.59 Å². The van der Waals surface area contributed by atoms with Crippen molar-refractivity contribution in [1.29, 1.82) is 0 Å². The number of amides is 2. The third kappa shape index (κ3) is 3.81. The molecule has 0 saturated carbocycles. The fraction of sp³-hybridized carbons (Fsp3) is 0.389. The van der Waals surface area contributed by atoms with E-state index in [-0.39, 0.29) is 18.0 Å². The number of anilines is 1. The first kappa shape index (κ1) is 17.0. The molecule has 0 saturated heterocycles. The molecule has 0 spiro atoms. The van der Waals surface area contributed by atoms with E-state index in [2.05, 4.69) is 15.7 Å². The normalized spacial score (nSPS) is 16.0. The maximum atomic E-state index is 12.3. The minimum absolute atomic E-state index is 0.0312. The Labute approximate surface area is 146 Å². The van der Waals surface area contributed by atoms with Crippen molar-refractivity contribution in [3.63, 3.8) is 0 Å². The standard InChI is InChI=1S/C18H22N4O3/c1-3-25-17(23)12-7-9-13(10-8-12)20-18(24)21-15-5-4-6-16-14(15)11-19-22(16)2/h7-11,15H,3-6H2,1-2H3,(H2,20,21,24)/t15-/m1/s1. The number of nitrogens with zero attached hydrogens (tertiary/aromatic N) is 2. The number of urea groups is 1. The number of hydrogen-bond donors (Lipinski definition) is 2. The number of aryl methyl sites for hydroxylation is 1. The van der Waals surface area contributed by atoms with Gasteiger partial charge in [-0.15, -0.1) is 0 Å². The molecule has 2 aromatic rings. The fourth-order valence-electron chi connectivity index (χ4n) is 3.09. The topological polar surface area (TPSA) is 85.2 Å². The Hall–Kier alpha value is -2.83. The van der Waals surface area contributed by atoms with Crippen LogP contribution in [0, 0.1) is 0 Å². The number of rotatable bonds is 4. The van der Waals surface area contributed by atoms with E-state index in [0.29, 0.717) is 17.9 Å². The van der Waals surface area contributed by atoms with E-state index in [1.165, 1.54) is 5.69 Å². The summed E-state index contributed by atoms with van der Waals surface area (Å²) in [6, 6.07) is 6.33. The number of ether oxygens (including phenoxy) is 1. The van der Waals surface area contributed by atoms with Gasteiger partial charge in [0.1, 0.15) is 0 Å². The molecule has 1 heterocycles. The molecule has 2 N–H and O–H groups in total. The summed E-state index contributed by atoms with van der Waals surface area (Å²) in [7, 11) is 1.92. The van der Waals surface area contributed by atoms with Gasteiger partial charge in [-0.05, 0) is 50.5 Å². The van der Waals surface area contributed by atoms with Crippen molar-refractivity contribution in [3.8, 4) is 0 Å². The number of benzene rings is 1. The Morgan fingerprint density at radius 3 is 2.80 bits per heavy atom. The number of carbonyl (C=O) groups is 2. The van der Waals surface area contributed by atoms with Crippen molar-refractivity contribution in [2.75, 3.05) is 11.9 Å². The minimum Gasteiger partial charge on any atom is -0.462 e. The second-order valence-electron chi connectivity index (χ2n) is 6.01. The van der Waals surface area contributed by atoms with Crippen molar-refractivity contribution >= 4 is 17.7 Å². The average molecular weight is 342 g/mol. The van der Waals surface area contributed by atoms with E-state index >= 15 is 0 Å². The molecule has 7 heteroatoms. The van der Waals surface area contributed by atoms with Crippen LogP contribution in [0.4, 0.5) is 10.5 Å². The predicted molar refractivity (Wildman–Crippen MR) is 93.4 cm³/mol. The van der Waals surface area contributed by atoms with Gasteiger partial charge in [-0.1, -0.05) is 0 Å². The van der Waals surface area contributed by atoms with Gasteiger partial charge in [0, 0.05) is 24.0 Å². The molecule has 2 amide bonds. The van der Waals surface area contributed by atoms with Crippen LogP contribution in [0.25, 0.3) is 0 Å². The van der Waals surface area contributed by atoms with Crippen LogP contribution in [0.3, 0.4) is 0 Å². The molecule has 0 unspecified atom stereocenters. The van der Waals surface area contributed by atoms with Crippen LogP contribution in [0.5, 0.6) is 0 Å². The summed E-state index contributed by atoms with van der Waals surface area (Å²) in [6.45, 7) is 2.09. The molecule has 1 atom stereocenters. The molecule has 0 radical (unpaired) electrons. The van der Waals surface area contributed by atoms with Crippen LogP contribution in [0.1, 0.15) is 47.4 Å². The average Bonchev–Trinajstić information content (AvgIpc) is 2.98. The van der Waals surface area contributed by atoms with E-state index in [9.17, 15) is 9.59 Å². The van der Waals surface area contributed by atoms with E-state index in [4.69, 9.17) is 4.74 Å². The lowest BCUT2D eigenvalue weighted by Gasteiger charge is -2.24. The number of aromatic nitrogens is 2. The van der Waals surface area contributed by atoms with Crippen molar-refractivity contribution in [3.05, 3.63) is 47.3 Å². The van der Waals surface area contributed by atoms with Gasteiger partial charge in [-0.2, -0.15) is 5.10 Å². The van der Waals surface area contributed by atoms with Gasteiger partial charge in [-0.3, -0.25) is 4.68 Å². The lowest BCUT2D eigenvalue weighted by Crippen LogP contribution is -2.34. The Bertz CT molecular complexity index is 767. The Morgan fingerprint density at radius 2 is 2.08 bits per heavy atom. The molecule has 0 bridgehead atoms. The molecule has 1 aromatic heterocycles. The summed E-state index contributed by atoms with van der Waals surface area (Å²) in [5, 5.41) is 10.1. The van der Waals surface area contributed by atoms with Gasteiger partial charge >= 0.3 is 12.0 Å². The van der Waals surface area contributed by atoms with Crippen molar-refractivity contribution in [1.82, 2.24) is 15.1 Å². The molecule has 25 heavy (non-hydrogen) atoms. The van der Waals surface area contributed by atoms with Crippen LogP contribution in [-0.2, 0) is 18.2 Å². The zero-order chi connectivity index (χ0) is 17.8. The first-order valence-corrected chi connectivity index (χ1v) is 8.44. The van der Waals surface area contributed by atoms with Gasteiger partial charge in [0.2, 0.25) is 0 Å². The van der Waals surface area contributed by atoms with E-state index in [0.717, 1.165) is 24.8 Å². The fourth-order valence-corrected chi connectivity index (χ4v) is 3.09. The maximum absolute atomic E-state index is 12.3. The summed E-state index contributed by atoms with van der Waals surface area (Å²) in [5.74, 6) is -0.371. The van der Waals surface area contributed by atoms with Gasteiger partial charge in [0.15, 0.2) is 0 Å². The highest BCUT2D eigenvalue weighted by Gasteiger charge is 2.24. The molecular formula is C18H22N4O3. The van der Waals surface area contributed by atoms with Crippen molar-refractivity contribution < 1.29 is 14.3 Å². The van der Waals surface area contributed by atoms with E-state index in [1.807, 2.05) is 17.9 Å². The number of nitrogens with one attached hydrogen (secondary N) is 2. The molecule has 0 aliphatic heterocycles. The minimum atomic E-state index is -0.371. The zero-order valence-corrected chi connectivity index (χ0v) is 14.4. The quantitative estimate of drug-likeness (QED) is 0.837. The van der Waals surface area contributed by atoms with Crippen molar-refractivity contribution in [2.24, 2.45) is 7.05 Å². The second kappa shape index (κ2) is 7.38. The monoisotopic (exact) mass is 342 g/mol. The van der Waals surface area contributed by atoms with Crippen LogP contribution in [0.2, 0.25) is 0 Å². The van der Waals surface area contributed by atoms with Crippen LogP contribution in [-0.4, -0.2) is 28.4 Å². The van der Waals surface area contributed by atoms with Gasteiger partial charge in [0.05, 0.1) is 24.4 Å². The van der Waals surface area contributed by atoms with Gasteiger partial charge < -0.3 is 15.4 Å². The smallest absolute Gasteiger partial charge is 0.338 e. The number of hydrogen-bond acceptors (Lipinski definition) is 4. The number of esters is 1. The molecule has 132 valence electrons. The molecular weight excluding hydrogens is 320 g/mol. The SMILES string of the molecule is CCOC(=O)c1ccc(NC(=O)N[C@@H]2CCCc3c2cnn3C)cc1. The first-order valence-electron chi connectivity index (χ1n) is 8.44. The van der Waals surface area contributed by atoms with Crippen LogP contribution in [0.15, 0.2) is 30.5 Å². The lowest BCUT2D eigenvalue weighted by molar-refractivity contribution is 0.0526. The predicted octanol–water partition coefficient (Wildman–Crippen LogP) is 2.80. The second-order valence-corrected chi connectivity index (χ2v) is 6.01. The summed E-state index contributed by atoms with van der Waals surface area (Å²) in [4.78, 5) is 23.9. The summed E-state index contributed by atoms with van der Waals surface area (Å²) in [6.07, 6.45) is 4.73. The summed E-state index contributed by atoms with van der Waals surface area (Å²) < 4.78 is 6.81. The maximum Gasteiger partial charge on any atom is 0.338 e. The Balaban J connectivity index is 1.61. The highest BCUT2D eigenvalue weighted by Crippen LogP contribution is 2.29. The lowest BCUT2D eigenvalue weighted by atomic mass is 9.93. The molecule has 1 aliphatic rings. The number of carbonyl (C=O) groups excluding carboxylic acids is 2. The van der Waals surface area contributed by atoms with Crippen molar-refractivity contribution in [2.45, 2.75) is 32.2 Å². The molecule has 3 rings (SSSR count). The Morgan fingerprint density at radius 1 is 1.32 bits per heavy atom. The van der Waals surface area contributed by atoms with E-state index < -0.39 is 0 Å². The third-order valence-electron chi connectivity index (χ3n) is 4.33. The zero-order valence-electron chi connectivity index (χ0n) is 14.4. The Kier molecular flexibility index (Phi) is 5.02. The first-order chi connectivity index (χ1) is 12.1. The third-order valence-corrected chi connectivity index (χ3v) is 4.33. The van der Waals surface area contributed by atoms with Crippen LogP contribution >= 0.6 is 0 Å². The van der Waals surface area contributed by atoms with E-state index in [1.54, 1.807) is 31.2 Å². The highest BCUT2D eigenvalue weighted by atomic mass is 16.5. The highest BCUT2D eigenvalue weighted by molar-refractivity contribution is 5.92. The summed E-state index contributed by atoms with van der Waals surface area (Å²) >= 11 is 0. The molecule has 7 nitrogen and oxygen atoms in total. The van der Waals surface area contributed by atoms with Gasteiger partial charge in [0.25, 0.3) is 0 Å². The largest absolute Gasteiger partial charge is 0.462 e. The molecule has 1 aromatic carbocycles. The molecule has 0 fully saturated rings. The molecule has 1 aliphatic carbocycles. The summed E-state index contributed by atoms with van der Waals surface area (Å²) in [5.41, 5.74) is 3.34. The van der Waals surface area contributed by atoms with Crippen LogP contribution < -0.4 is 10.6 Å².